The normalized spacial score (nSPS) is 15.7. The van der Waals surface area contributed by atoms with Gasteiger partial charge in [-0.05, 0) is 35.7 Å². The number of esters is 1. The number of nitrogens with two attached hydrogens (primary N) is 1. The number of methoxy groups -OCH3 is 1. The summed E-state index contributed by atoms with van der Waals surface area (Å²) in [6.07, 6.45) is 0. The van der Waals surface area contributed by atoms with Crippen molar-refractivity contribution in [1.82, 2.24) is 19.8 Å². The van der Waals surface area contributed by atoms with Crippen LogP contribution in [0.3, 0.4) is 0 Å². The van der Waals surface area contributed by atoms with E-state index in [1.54, 1.807) is 0 Å². The number of nitrogens with zero attached hydrogens (tertiary/aromatic N) is 4. The van der Waals surface area contributed by atoms with Gasteiger partial charge < -0.3 is 15.8 Å². The van der Waals surface area contributed by atoms with Crippen LogP contribution >= 0.6 is 0 Å². The van der Waals surface area contributed by atoms with Gasteiger partial charge in [-0.2, -0.15) is 0 Å². The van der Waals surface area contributed by atoms with Crippen molar-refractivity contribution in [2.24, 2.45) is 11.7 Å². The number of carbonyl (C=O) groups is 2. The van der Waals surface area contributed by atoms with Gasteiger partial charge in [0.2, 0.25) is 5.91 Å². The number of hydrogen-bond acceptors (Lipinski definition) is 8. The Kier molecular flexibility index (Phi) is 8.12. The molecule has 0 aliphatic carbocycles. The van der Waals surface area contributed by atoms with Crippen LogP contribution in [0.15, 0.2) is 48.5 Å². The SMILES string of the molecule is COC(=O)c1ccc(CN2CCN(Cc3nc(N[C@H](C(N)=O)C(C)C)c4ccccc4n3)CC2)cc1. The van der Waals surface area contributed by atoms with Crippen molar-refractivity contribution >= 4 is 28.6 Å². The molecular weight excluding hydrogens is 456 g/mol. The molecule has 3 N–H and O–H groups in total. The number of nitrogens with one attached hydrogen (secondary N) is 1. The number of primary amides is 1. The van der Waals surface area contributed by atoms with Crippen molar-refractivity contribution in [2.45, 2.75) is 33.0 Å². The maximum atomic E-state index is 12.0. The molecule has 1 saturated heterocycles. The highest BCUT2D eigenvalue weighted by atomic mass is 16.5. The van der Waals surface area contributed by atoms with E-state index in [9.17, 15) is 9.59 Å². The predicted octanol–water partition coefficient (Wildman–Crippen LogP) is 2.66. The van der Waals surface area contributed by atoms with Crippen molar-refractivity contribution in [1.29, 1.82) is 0 Å². The van der Waals surface area contributed by atoms with Gasteiger partial charge in [0.15, 0.2) is 0 Å². The number of fused-ring (bicyclic) bond motifs is 1. The molecule has 190 valence electrons. The fourth-order valence-corrected chi connectivity index (χ4v) is 4.45. The molecule has 0 spiro atoms. The zero-order chi connectivity index (χ0) is 25.7. The molecule has 1 aliphatic heterocycles. The summed E-state index contributed by atoms with van der Waals surface area (Å²) in [5.74, 6) is 0.672. The minimum Gasteiger partial charge on any atom is -0.465 e. The van der Waals surface area contributed by atoms with Crippen LogP contribution in [0, 0.1) is 5.92 Å². The topological polar surface area (TPSA) is 114 Å². The molecule has 9 heteroatoms. The summed E-state index contributed by atoms with van der Waals surface area (Å²) in [5.41, 5.74) is 8.20. The van der Waals surface area contributed by atoms with E-state index in [-0.39, 0.29) is 11.9 Å². The lowest BCUT2D eigenvalue weighted by Crippen LogP contribution is -2.45. The van der Waals surface area contributed by atoms with Crippen molar-refractivity contribution in [3.63, 3.8) is 0 Å². The van der Waals surface area contributed by atoms with Gasteiger partial charge in [0.05, 0.1) is 24.7 Å². The Morgan fingerprint density at radius 2 is 1.61 bits per heavy atom. The van der Waals surface area contributed by atoms with Crippen molar-refractivity contribution in [2.75, 3.05) is 38.6 Å². The Balaban J connectivity index is 1.40. The summed E-state index contributed by atoms with van der Waals surface area (Å²) in [6.45, 7) is 9.02. The number of rotatable bonds is 9. The van der Waals surface area contributed by atoms with Crippen LogP contribution in [0.2, 0.25) is 0 Å². The highest BCUT2D eigenvalue weighted by molar-refractivity contribution is 5.92. The van der Waals surface area contributed by atoms with Crippen molar-refractivity contribution in [3.05, 3.63) is 65.5 Å². The Morgan fingerprint density at radius 1 is 0.972 bits per heavy atom. The van der Waals surface area contributed by atoms with Crippen LogP contribution in [0.4, 0.5) is 5.82 Å². The molecule has 0 radical (unpaired) electrons. The molecule has 0 unspecified atom stereocenters. The lowest BCUT2D eigenvalue weighted by molar-refractivity contribution is -0.119. The summed E-state index contributed by atoms with van der Waals surface area (Å²) in [5, 5.41) is 4.14. The van der Waals surface area contributed by atoms with Gasteiger partial charge in [-0.3, -0.25) is 14.6 Å². The Hall–Kier alpha value is -3.56. The Bertz CT molecular complexity index is 1210. The molecule has 3 aromatic rings. The lowest BCUT2D eigenvalue weighted by Gasteiger charge is -2.34. The molecule has 0 bridgehead atoms. The van der Waals surface area contributed by atoms with Crippen molar-refractivity contribution in [3.8, 4) is 0 Å². The Labute approximate surface area is 211 Å². The van der Waals surface area contributed by atoms with Gasteiger partial charge in [0, 0.05) is 38.1 Å². The maximum absolute atomic E-state index is 12.0. The summed E-state index contributed by atoms with van der Waals surface area (Å²) in [4.78, 5) is 37.9. The number of benzene rings is 2. The summed E-state index contributed by atoms with van der Waals surface area (Å²) >= 11 is 0. The fourth-order valence-electron chi connectivity index (χ4n) is 4.45. The number of aromatic nitrogens is 2. The molecular formula is C27H34N6O3. The van der Waals surface area contributed by atoms with E-state index in [4.69, 9.17) is 20.4 Å². The van der Waals surface area contributed by atoms with E-state index in [2.05, 4.69) is 15.1 Å². The van der Waals surface area contributed by atoms with Gasteiger partial charge in [0.1, 0.15) is 17.7 Å². The first-order valence-electron chi connectivity index (χ1n) is 12.3. The molecule has 2 aromatic carbocycles. The van der Waals surface area contributed by atoms with Crippen LogP contribution < -0.4 is 11.1 Å². The van der Waals surface area contributed by atoms with Gasteiger partial charge >= 0.3 is 5.97 Å². The molecule has 2 heterocycles. The third-order valence-electron chi connectivity index (χ3n) is 6.53. The molecule has 4 rings (SSSR count). The first-order chi connectivity index (χ1) is 17.3. The Morgan fingerprint density at radius 3 is 2.22 bits per heavy atom. The smallest absolute Gasteiger partial charge is 0.337 e. The average Bonchev–Trinajstić information content (AvgIpc) is 2.88. The standard InChI is InChI=1S/C27H34N6O3/c1-18(2)24(25(28)34)31-26-21-6-4-5-7-22(21)29-23(30-26)17-33-14-12-32(13-15-33)16-19-8-10-20(11-9-19)27(35)36-3/h4-11,18,24H,12-17H2,1-3H3,(H2,28,34)(H,29,30,31)/t24-/m0/s1. The number of ether oxygens (including phenoxy) is 1. The summed E-state index contributed by atoms with van der Waals surface area (Å²) in [6, 6.07) is 14.9. The van der Waals surface area contributed by atoms with Crippen molar-refractivity contribution < 1.29 is 14.3 Å². The van der Waals surface area contributed by atoms with E-state index < -0.39 is 11.9 Å². The second kappa shape index (κ2) is 11.5. The van der Waals surface area contributed by atoms with Crippen LogP contribution in [0.1, 0.15) is 35.6 Å². The molecule has 0 saturated carbocycles. The zero-order valence-electron chi connectivity index (χ0n) is 21.1. The molecule has 1 aromatic heterocycles. The molecule has 9 nitrogen and oxygen atoms in total. The van der Waals surface area contributed by atoms with E-state index in [0.717, 1.165) is 49.5 Å². The summed E-state index contributed by atoms with van der Waals surface area (Å²) < 4.78 is 4.77. The van der Waals surface area contributed by atoms with E-state index in [0.29, 0.717) is 17.9 Å². The van der Waals surface area contributed by atoms with E-state index >= 15 is 0 Å². The fraction of sp³-hybridized carbons (Fsp3) is 0.407. The first-order valence-corrected chi connectivity index (χ1v) is 12.3. The third-order valence-corrected chi connectivity index (χ3v) is 6.53. The first kappa shape index (κ1) is 25.5. The number of para-hydroxylation sites is 1. The third kappa shape index (κ3) is 6.16. The number of anilines is 1. The number of piperazine rings is 1. The monoisotopic (exact) mass is 490 g/mol. The molecule has 1 fully saturated rings. The highest BCUT2D eigenvalue weighted by Crippen LogP contribution is 2.23. The average molecular weight is 491 g/mol. The highest BCUT2D eigenvalue weighted by Gasteiger charge is 2.23. The van der Waals surface area contributed by atoms with Crippen LogP contribution in [-0.4, -0.2) is 71.0 Å². The van der Waals surface area contributed by atoms with Crippen LogP contribution in [0.5, 0.6) is 0 Å². The lowest BCUT2D eigenvalue weighted by atomic mass is 10.0. The van der Waals surface area contributed by atoms with Gasteiger partial charge in [-0.25, -0.2) is 14.8 Å². The second-order valence-electron chi connectivity index (χ2n) is 9.51. The minimum absolute atomic E-state index is 0.0319. The van der Waals surface area contributed by atoms with E-state index in [1.807, 2.05) is 62.4 Å². The molecule has 1 aliphatic rings. The van der Waals surface area contributed by atoms with Gasteiger partial charge in [0.25, 0.3) is 0 Å². The predicted molar refractivity (Wildman–Crippen MR) is 139 cm³/mol. The number of carbonyl (C=O) groups excluding carboxylic acids is 2. The minimum atomic E-state index is -0.513. The summed E-state index contributed by atoms with van der Waals surface area (Å²) in [7, 11) is 1.39. The quantitative estimate of drug-likeness (QED) is 0.440. The van der Waals surface area contributed by atoms with Crippen LogP contribution in [-0.2, 0) is 22.6 Å². The van der Waals surface area contributed by atoms with Crippen LogP contribution in [0.25, 0.3) is 10.9 Å². The molecule has 1 amide bonds. The van der Waals surface area contributed by atoms with Gasteiger partial charge in [-0.15, -0.1) is 0 Å². The van der Waals surface area contributed by atoms with Gasteiger partial charge in [-0.1, -0.05) is 38.1 Å². The second-order valence-corrected chi connectivity index (χ2v) is 9.51. The molecule has 36 heavy (non-hydrogen) atoms. The zero-order valence-corrected chi connectivity index (χ0v) is 21.1. The maximum Gasteiger partial charge on any atom is 0.337 e. The largest absolute Gasteiger partial charge is 0.465 e. The number of hydrogen-bond donors (Lipinski definition) is 2. The molecule has 1 atom stereocenters. The van der Waals surface area contributed by atoms with E-state index in [1.165, 1.54) is 12.7 Å². The number of amides is 1.